The van der Waals surface area contributed by atoms with Crippen LogP contribution in [0.2, 0.25) is 5.02 Å². The maximum Gasteiger partial charge on any atom is 0.273 e. The lowest BCUT2D eigenvalue weighted by Gasteiger charge is -2.11. The Hall–Kier alpha value is -2.99. The van der Waals surface area contributed by atoms with E-state index in [0.29, 0.717) is 22.1 Å². The Morgan fingerprint density at radius 3 is 2.50 bits per heavy atom. The fourth-order valence-electron chi connectivity index (χ4n) is 2.52. The molecule has 3 aromatic rings. The van der Waals surface area contributed by atoms with Gasteiger partial charge in [-0.3, -0.25) is 14.7 Å². The smallest absolute Gasteiger partial charge is 0.273 e. The van der Waals surface area contributed by atoms with E-state index in [0.717, 1.165) is 11.1 Å². The summed E-state index contributed by atoms with van der Waals surface area (Å²) in [4.78, 5) is 24.8. The average molecular weight is 372 g/mol. The molecule has 0 spiro atoms. The lowest BCUT2D eigenvalue weighted by molar-refractivity contribution is 0.102. The lowest BCUT2D eigenvalue weighted by atomic mass is 10.2. The van der Waals surface area contributed by atoms with Crippen LogP contribution in [0.1, 0.15) is 21.6 Å². The molecule has 3 rings (SSSR count). The van der Waals surface area contributed by atoms with Gasteiger partial charge in [0, 0.05) is 17.2 Å². The molecule has 6 nitrogen and oxygen atoms in total. The third-order valence-corrected chi connectivity index (χ3v) is 4.39. The number of nitrogens with zero attached hydrogens (tertiary/aromatic N) is 1. The molecule has 2 N–H and O–H groups in total. The van der Waals surface area contributed by atoms with Crippen LogP contribution in [0.15, 0.2) is 47.3 Å². The summed E-state index contributed by atoms with van der Waals surface area (Å²) >= 11 is 6.08. The van der Waals surface area contributed by atoms with Gasteiger partial charge < -0.3 is 10.1 Å². The summed E-state index contributed by atoms with van der Waals surface area (Å²) in [6, 6.07) is 12.0. The molecule has 134 valence electrons. The van der Waals surface area contributed by atoms with E-state index < -0.39 is 5.91 Å². The molecular weight excluding hydrogens is 354 g/mol. The summed E-state index contributed by atoms with van der Waals surface area (Å²) in [5, 5.41) is 6.11. The zero-order chi connectivity index (χ0) is 18.8. The van der Waals surface area contributed by atoms with Crippen LogP contribution in [0.5, 0.6) is 5.75 Å². The summed E-state index contributed by atoms with van der Waals surface area (Å²) in [5.74, 6) is -0.0118. The van der Waals surface area contributed by atoms with Gasteiger partial charge in [-0.05, 0) is 37.6 Å². The number of aryl methyl sites for hydroxylation is 2. The zero-order valence-corrected chi connectivity index (χ0v) is 15.3. The van der Waals surface area contributed by atoms with Crippen molar-refractivity contribution in [1.29, 1.82) is 0 Å². The molecular formula is C19H18ClN3O3. The SMILES string of the molecule is COc1cc(Cl)c(C)cc1NC(=O)c1cc(=O)n(-c2ccc(C)cc2)[nH]1. The van der Waals surface area contributed by atoms with Gasteiger partial charge in [-0.1, -0.05) is 29.3 Å². The average Bonchev–Trinajstić information content (AvgIpc) is 3.00. The molecule has 1 aromatic heterocycles. The molecule has 0 saturated carbocycles. The van der Waals surface area contributed by atoms with E-state index in [1.165, 1.54) is 17.9 Å². The van der Waals surface area contributed by atoms with Gasteiger partial charge in [0.15, 0.2) is 0 Å². The van der Waals surface area contributed by atoms with Gasteiger partial charge >= 0.3 is 0 Å². The number of nitrogens with one attached hydrogen (secondary N) is 2. The van der Waals surface area contributed by atoms with Crippen LogP contribution in [-0.2, 0) is 0 Å². The molecule has 0 bridgehead atoms. The molecule has 26 heavy (non-hydrogen) atoms. The summed E-state index contributed by atoms with van der Waals surface area (Å²) < 4.78 is 6.57. The lowest BCUT2D eigenvalue weighted by Crippen LogP contribution is -2.14. The number of carbonyl (C=O) groups excluding carboxylic acids is 1. The molecule has 0 aliphatic carbocycles. The molecule has 0 saturated heterocycles. The number of hydrogen-bond donors (Lipinski definition) is 2. The number of H-pyrrole nitrogens is 1. The van der Waals surface area contributed by atoms with Crippen LogP contribution < -0.4 is 15.6 Å². The molecule has 0 atom stereocenters. The number of hydrogen-bond acceptors (Lipinski definition) is 3. The molecule has 1 heterocycles. The first-order chi connectivity index (χ1) is 12.4. The molecule has 0 radical (unpaired) electrons. The van der Waals surface area contributed by atoms with Crippen molar-refractivity contribution in [1.82, 2.24) is 9.78 Å². The first-order valence-electron chi connectivity index (χ1n) is 7.93. The Balaban J connectivity index is 1.90. The van der Waals surface area contributed by atoms with Crippen molar-refractivity contribution in [3.63, 3.8) is 0 Å². The predicted molar refractivity (Wildman–Crippen MR) is 102 cm³/mol. The van der Waals surface area contributed by atoms with Gasteiger partial charge in [-0.2, -0.15) is 0 Å². The highest BCUT2D eigenvalue weighted by atomic mass is 35.5. The van der Waals surface area contributed by atoms with E-state index in [1.807, 2.05) is 26.0 Å². The minimum atomic E-state index is -0.451. The summed E-state index contributed by atoms with van der Waals surface area (Å²) in [7, 11) is 1.49. The molecule has 0 aliphatic rings. The van der Waals surface area contributed by atoms with Gasteiger partial charge in [0.25, 0.3) is 11.5 Å². The van der Waals surface area contributed by atoms with Crippen LogP contribution in [0.3, 0.4) is 0 Å². The van der Waals surface area contributed by atoms with Crippen molar-refractivity contribution in [3.8, 4) is 11.4 Å². The van der Waals surface area contributed by atoms with Gasteiger partial charge in [-0.25, -0.2) is 4.68 Å². The van der Waals surface area contributed by atoms with Crippen LogP contribution in [0.25, 0.3) is 5.69 Å². The predicted octanol–water partition coefficient (Wildman–Crippen LogP) is 3.70. The Morgan fingerprint density at radius 2 is 1.85 bits per heavy atom. The van der Waals surface area contributed by atoms with Crippen molar-refractivity contribution in [2.75, 3.05) is 12.4 Å². The van der Waals surface area contributed by atoms with Crippen LogP contribution in [0.4, 0.5) is 5.69 Å². The number of rotatable bonds is 4. The molecule has 7 heteroatoms. The highest BCUT2D eigenvalue weighted by Crippen LogP contribution is 2.31. The fourth-order valence-corrected chi connectivity index (χ4v) is 2.67. The zero-order valence-electron chi connectivity index (χ0n) is 14.6. The van der Waals surface area contributed by atoms with Gasteiger partial charge in [0.05, 0.1) is 18.5 Å². The maximum atomic E-state index is 12.5. The number of aromatic amines is 1. The number of ether oxygens (including phenoxy) is 1. The summed E-state index contributed by atoms with van der Waals surface area (Å²) in [6.07, 6.45) is 0. The molecule has 0 unspecified atom stereocenters. The van der Waals surface area contributed by atoms with E-state index in [1.54, 1.807) is 24.3 Å². The largest absolute Gasteiger partial charge is 0.495 e. The third kappa shape index (κ3) is 3.50. The van der Waals surface area contributed by atoms with Crippen molar-refractivity contribution >= 4 is 23.2 Å². The highest BCUT2D eigenvalue weighted by Gasteiger charge is 2.15. The van der Waals surface area contributed by atoms with E-state index in [2.05, 4.69) is 10.4 Å². The van der Waals surface area contributed by atoms with Crippen molar-refractivity contribution in [2.45, 2.75) is 13.8 Å². The molecule has 0 fully saturated rings. The number of benzene rings is 2. The Kier molecular flexibility index (Phi) is 4.86. The fraction of sp³-hybridized carbons (Fsp3) is 0.158. The van der Waals surface area contributed by atoms with Crippen LogP contribution >= 0.6 is 11.6 Å². The number of amides is 1. The van der Waals surface area contributed by atoms with Crippen molar-refractivity contribution in [3.05, 3.63) is 74.7 Å². The van der Waals surface area contributed by atoms with Gasteiger partial charge in [0.2, 0.25) is 0 Å². The second-order valence-electron chi connectivity index (χ2n) is 5.93. The Bertz CT molecular complexity index is 1020. The number of anilines is 1. The number of halogens is 1. The number of aromatic nitrogens is 2. The minimum Gasteiger partial charge on any atom is -0.495 e. The van der Waals surface area contributed by atoms with Crippen LogP contribution in [-0.4, -0.2) is 22.8 Å². The van der Waals surface area contributed by atoms with E-state index in [-0.39, 0.29) is 11.3 Å². The highest BCUT2D eigenvalue weighted by molar-refractivity contribution is 6.31. The summed E-state index contributed by atoms with van der Waals surface area (Å²) in [5.41, 5.74) is 2.83. The van der Waals surface area contributed by atoms with E-state index >= 15 is 0 Å². The molecule has 0 aliphatic heterocycles. The van der Waals surface area contributed by atoms with Gasteiger partial charge in [0.1, 0.15) is 11.4 Å². The summed E-state index contributed by atoms with van der Waals surface area (Å²) in [6.45, 7) is 3.79. The molecule has 1 amide bonds. The third-order valence-electron chi connectivity index (χ3n) is 3.99. The minimum absolute atomic E-state index is 0.144. The van der Waals surface area contributed by atoms with Crippen molar-refractivity contribution < 1.29 is 9.53 Å². The van der Waals surface area contributed by atoms with Crippen LogP contribution in [0, 0.1) is 13.8 Å². The standard InChI is InChI=1S/C19H18ClN3O3/c1-11-4-6-13(7-5-11)23-18(24)10-16(22-23)19(25)21-15-8-12(2)14(20)9-17(15)26-3/h4-10,22H,1-3H3,(H,21,25). The normalized spacial score (nSPS) is 10.6. The maximum absolute atomic E-state index is 12.5. The first-order valence-corrected chi connectivity index (χ1v) is 8.31. The quantitative estimate of drug-likeness (QED) is 0.734. The number of methoxy groups -OCH3 is 1. The Morgan fingerprint density at radius 1 is 1.15 bits per heavy atom. The van der Waals surface area contributed by atoms with Crippen molar-refractivity contribution in [2.24, 2.45) is 0 Å². The molecule has 2 aromatic carbocycles. The first kappa shape index (κ1) is 17.8. The second-order valence-corrected chi connectivity index (χ2v) is 6.34. The van der Waals surface area contributed by atoms with Gasteiger partial charge in [-0.15, -0.1) is 0 Å². The Labute approximate surface area is 155 Å². The second kappa shape index (κ2) is 7.09. The van der Waals surface area contributed by atoms with E-state index in [4.69, 9.17) is 16.3 Å². The van der Waals surface area contributed by atoms with E-state index in [9.17, 15) is 9.59 Å². The number of carbonyl (C=O) groups is 1. The topological polar surface area (TPSA) is 76.1 Å². The monoisotopic (exact) mass is 371 g/mol.